The van der Waals surface area contributed by atoms with Crippen LogP contribution < -0.4 is 15.4 Å². The predicted octanol–water partition coefficient (Wildman–Crippen LogP) is 1.48. The van der Waals surface area contributed by atoms with Gasteiger partial charge in [-0.3, -0.25) is 14.5 Å². The standard InChI is InChI=1S/C16H25N3O3/c1-5-10-17-15(20)11-19(3)12(2)16(21)18-13-8-6-7-9-14(13)22-4/h6-9,12H,5,10-11H2,1-4H3,(H,17,20)(H,18,21)/t12-/m1/s1. The second-order valence-electron chi connectivity index (χ2n) is 5.13. The van der Waals surface area contributed by atoms with E-state index in [0.717, 1.165) is 6.42 Å². The van der Waals surface area contributed by atoms with Gasteiger partial charge in [-0.1, -0.05) is 19.1 Å². The summed E-state index contributed by atoms with van der Waals surface area (Å²) in [6, 6.07) is 6.78. The van der Waals surface area contributed by atoms with E-state index in [1.54, 1.807) is 38.1 Å². The molecule has 6 nitrogen and oxygen atoms in total. The van der Waals surface area contributed by atoms with Gasteiger partial charge in [0, 0.05) is 6.54 Å². The molecule has 1 aromatic rings. The van der Waals surface area contributed by atoms with Crippen LogP contribution in [0.4, 0.5) is 5.69 Å². The van der Waals surface area contributed by atoms with E-state index in [0.29, 0.717) is 18.0 Å². The molecule has 0 spiro atoms. The third kappa shape index (κ3) is 5.37. The van der Waals surface area contributed by atoms with Gasteiger partial charge in [-0.15, -0.1) is 0 Å². The monoisotopic (exact) mass is 307 g/mol. The lowest BCUT2D eigenvalue weighted by atomic mass is 10.2. The first kappa shape index (κ1) is 18.0. The summed E-state index contributed by atoms with van der Waals surface area (Å²) in [7, 11) is 3.30. The van der Waals surface area contributed by atoms with Crippen LogP contribution in [0.15, 0.2) is 24.3 Å². The first-order valence-electron chi connectivity index (χ1n) is 7.40. The lowest BCUT2D eigenvalue weighted by molar-refractivity contribution is -0.124. The predicted molar refractivity (Wildman–Crippen MR) is 87.0 cm³/mol. The number of para-hydroxylation sites is 2. The molecule has 122 valence electrons. The molecule has 0 aliphatic rings. The quantitative estimate of drug-likeness (QED) is 0.763. The number of ether oxygens (including phenoxy) is 1. The molecule has 2 amide bonds. The highest BCUT2D eigenvalue weighted by molar-refractivity contribution is 5.96. The maximum absolute atomic E-state index is 12.3. The minimum absolute atomic E-state index is 0.0821. The molecule has 0 unspecified atom stereocenters. The second-order valence-corrected chi connectivity index (χ2v) is 5.13. The molecule has 0 heterocycles. The zero-order valence-corrected chi connectivity index (χ0v) is 13.7. The number of anilines is 1. The number of nitrogens with one attached hydrogen (secondary N) is 2. The van der Waals surface area contributed by atoms with Gasteiger partial charge in [0.1, 0.15) is 5.75 Å². The summed E-state index contributed by atoms with van der Waals surface area (Å²) in [5, 5.41) is 5.61. The second kappa shape index (κ2) is 9.04. The van der Waals surface area contributed by atoms with Gasteiger partial charge in [-0.05, 0) is 32.5 Å². The van der Waals surface area contributed by atoms with Gasteiger partial charge >= 0.3 is 0 Å². The molecule has 0 bridgehead atoms. The van der Waals surface area contributed by atoms with Gasteiger partial charge in [0.05, 0.1) is 25.4 Å². The molecule has 0 fully saturated rings. The molecule has 0 saturated carbocycles. The fourth-order valence-corrected chi connectivity index (χ4v) is 1.87. The fraction of sp³-hybridized carbons (Fsp3) is 0.500. The first-order chi connectivity index (χ1) is 10.5. The van der Waals surface area contributed by atoms with Crippen molar-refractivity contribution in [3.05, 3.63) is 24.3 Å². The molecule has 22 heavy (non-hydrogen) atoms. The highest BCUT2D eigenvalue weighted by Crippen LogP contribution is 2.23. The van der Waals surface area contributed by atoms with Crippen molar-refractivity contribution in [1.82, 2.24) is 10.2 Å². The minimum atomic E-state index is -0.433. The van der Waals surface area contributed by atoms with E-state index in [-0.39, 0.29) is 18.4 Å². The number of carbonyl (C=O) groups is 2. The molecule has 1 aromatic carbocycles. The van der Waals surface area contributed by atoms with E-state index in [4.69, 9.17) is 4.74 Å². The molecule has 6 heteroatoms. The molecular formula is C16H25N3O3. The van der Waals surface area contributed by atoms with Crippen LogP contribution in [0.3, 0.4) is 0 Å². The Morgan fingerprint density at radius 3 is 2.64 bits per heavy atom. The number of hydrogen-bond donors (Lipinski definition) is 2. The van der Waals surface area contributed by atoms with E-state index < -0.39 is 6.04 Å². The van der Waals surface area contributed by atoms with Crippen molar-refractivity contribution in [2.45, 2.75) is 26.3 Å². The van der Waals surface area contributed by atoms with Crippen LogP contribution in [0.2, 0.25) is 0 Å². The Kier molecular flexibility index (Phi) is 7.39. The third-order valence-corrected chi connectivity index (χ3v) is 3.37. The molecule has 0 aromatic heterocycles. The van der Waals surface area contributed by atoms with Crippen molar-refractivity contribution in [3.63, 3.8) is 0 Å². The lowest BCUT2D eigenvalue weighted by Crippen LogP contribution is -2.44. The van der Waals surface area contributed by atoms with Crippen LogP contribution in [0, 0.1) is 0 Å². The number of rotatable bonds is 8. The number of likely N-dealkylation sites (N-methyl/N-ethyl adjacent to an activating group) is 1. The largest absolute Gasteiger partial charge is 0.495 e. The SMILES string of the molecule is CCCNC(=O)CN(C)[C@H](C)C(=O)Nc1ccccc1OC. The van der Waals surface area contributed by atoms with Crippen LogP contribution in [0.5, 0.6) is 5.75 Å². The van der Waals surface area contributed by atoms with Crippen molar-refractivity contribution in [2.75, 3.05) is 32.6 Å². The van der Waals surface area contributed by atoms with Gasteiger partial charge in [0.2, 0.25) is 11.8 Å². The summed E-state index contributed by atoms with van der Waals surface area (Å²) in [6.45, 7) is 4.58. The summed E-state index contributed by atoms with van der Waals surface area (Å²) in [4.78, 5) is 25.7. The van der Waals surface area contributed by atoms with E-state index in [9.17, 15) is 9.59 Å². The zero-order chi connectivity index (χ0) is 16.5. The Balaban J connectivity index is 2.58. The number of nitrogens with zero attached hydrogens (tertiary/aromatic N) is 1. The molecular weight excluding hydrogens is 282 g/mol. The summed E-state index contributed by atoms with van der Waals surface area (Å²) in [5.41, 5.74) is 0.616. The first-order valence-corrected chi connectivity index (χ1v) is 7.40. The molecule has 0 aliphatic carbocycles. The summed E-state index contributed by atoms with van der Waals surface area (Å²) in [5.74, 6) is 0.336. The van der Waals surface area contributed by atoms with Crippen LogP contribution in [-0.4, -0.2) is 50.0 Å². The zero-order valence-electron chi connectivity index (χ0n) is 13.7. The number of benzene rings is 1. The molecule has 0 aliphatic heterocycles. The molecule has 0 saturated heterocycles. The van der Waals surface area contributed by atoms with Gasteiger partial charge in [0.25, 0.3) is 0 Å². The maximum atomic E-state index is 12.3. The van der Waals surface area contributed by atoms with E-state index >= 15 is 0 Å². The molecule has 2 N–H and O–H groups in total. The van der Waals surface area contributed by atoms with Crippen molar-refractivity contribution in [2.24, 2.45) is 0 Å². The van der Waals surface area contributed by atoms with Gasteiger partial charge in [-0.25, -0.2) is 0 Å². The Bertz CT molecular complexity index is 505. The van der Waals surface area contributed by atoms with Gasteiger partial charge in [0.15, 0.2) is 0 Å². The van der Waals surface area contributed by atoms with E-state index in [2.05, 4.69) is 10.6 Å². The van der Waals surface area contributed by atoms with Gasteiger partial charge in [-0.2, -0.15) is 0 Å². The molecule has 1 atom stereocenters. The Hall–Kier alpha value is -2.08. The Morgan fingerprint density at radius 2 is 2.00 bits per heavy atom. The molecule has 0 radical (unpaired) electrons. The van der Waals surface area contributed by atoms with Crippen LogP contribution in [-0.2, 0) is 9.59 Å². The summed E-state index contributed by atoms with van der Waals surface area (Å²) < 4.78 is 5.20. The number of amides is 2. The molecule has 1 rings (SSSR count). The normalized spacial score (nSPS) is 11.9. The Morgan fingerprint density at radius 1 is 1.32 bits per heavy atom. The third-order valence-electron chi connectivity index (χ3n) is 3.37. The van der Waals surface area contributed by atoms with Crippen molar-refractivity contribution >= 4 is 17.5 Å². The van der Waals surface area contributed by atoms with Crippen molar-refractivity contribution in [3.8, 4) is 5.75 Å². The fourth-order valence-electron chi connectivity index (χ4n) is 1.87. The highest BCUT2D eigenvalue weighted by Gasteiger charge is 2.20. The van der Waals surface area contributed by atoms with Crippen LogP contribution in [0.25, 0.3) is 0 Å². The number of methoxy groups -OCH3 is 1. The number of carbonyl (C=O) groups excluding carboxylic acids is 2. The lowest BCUT2D eigenvalue weighted by Gasteiger charge is -2.23. The van der Waals surface area contributed by atoms with Gasteiger partial charge < -0.3 is 15.4 Å². The van der Waals surface area contributed by atoms with E-state index in [1.807, 2.05) is 19.1 Å². The number of hydrogen-bond acceptors (Lipinski definition) is 4. The van der Waals surface area contributed by atoms with Crippen molar-refractivity contribution < 1.29 is 14.3 Å². The minimum Gasteiger partial charge on any atom is -0.495 e. The average molecular weight is 307 g/mol. The van der Waals surface area contributed by atoms with Crippen molar-refractivity contribution in [1.29, 1.82) is 0 Å². The average Bonchev–Trinajstić information content (AvgIpc) is 2.52. The smallest absolute Gasteiger partial charge is 0.241 e. The maximum Gasteiger partial charge on any atom is 0.241 e. The highest BCUT2D eigenvalue weighted by atomic mass is 16.5. The summed E-state index contributed by atoms with van der Waals surface area (Å²) >= 11 is 0. The Labute approximate surface area is 131 Å². The van der Waals surface area contributed by atoms with E-state index in [1.165, 1.54) is 0 Å². The van der Waals surface area contributed by atoms with Crippen LogP contribution >= 0.6 is 0 Å². The topological polar surface area (TPSA) is 70.7 Å². The summed E-state index contributed by atoms with van der Waals surface area (Å²) in [6.07, 6.45) is 0.888. The van der Waals surface area contributed by atoms with Crippen LogP contribution in [0.1, 0.15) is 20.3 Å².